The second-order valence-corrected chi connectivity index (χ2v) is 17.8. The van der Waals surface area contributed by atoms with Crippen LogP contribution in [0.5, 0.6) is 0 Å². The Balaban J connectivity index is 1.17. The highest BCUT2D eigenvalue weighted by molar-refractivity contribution is 7.26. The fourth-order valence-corrected chi connectivity index (χ4v) is 12.5. The van der Waals surface area contributed by atoms with Crippen molar-refractivity contribution in [3.8, 4) is 33.4 Å². The van der Waals surface area contributed by atoms with Gasteiger partial charge in [-0.25, -0.2) is 0 Å². The Morgan fingerprint density at radius 1 is 0.414 bits per heavy atom. The minimum atomic E-state index is -0.432. The van der Waals surface area contributed by atoms with Gasteiger partial charge in [0.05, 0.1) is 21.5 Å². The van der Waals surface area contributed by atoms with Crippen LogP contribution in [0.15, 0.2) is 188 Å². The fourth-order valence-electron chi connectivity index (χ4n) is 11.3. The van der Waals surface area contributed by atoms with Crippen LogP contribution in [0.2, 0.25) is 0 Å². The van der Waals surface area contributed by atoms with Gasteiger partial charge < -0.3 is 4.90 Å². The summed E-state index contributed by atoms with van der Waals surface area (Å²) in [5, 5.41) is 5.19. The van der Waals surface area contributed by atoms with Crippen LogP contribution < -0.4 is 4.90 Å². The minimum absolute atomic E-state index is 0.142. The van der Waals surface area contributed by atoms with Crippen molar-refractivity contribution < 1.29 is 0 Å². The number of benzene rings is 9. The van der Waals surface area contributed by atoms with Gasteiger partial charge in [0.25, 0.3) is 0 Å². The zero-order valence-corrected chi connectivity index (χ0v) is 33.1. The molecule has 0 unspecified atom stereocenters. The first-order chi connectivity index (χ1) is 28.5. The molecule has 9 aromatic carbocycles. The van der Waals surface area contributed by atoms with E-state index in [4.69, 9.17) is 0 Å². The first-order valence-electron chi connectivity index (χ1n) is 20.4. The quantitative estimate of drug-likeness (QED) is 0.174. The van der Waals surface area contributed by atoms with Crippen molar-refractivity contribution in [3.05, 3.63) is 221 Å². The molecule has 58 heavy (non-hydrogen) atoms. The van der Waals surface area contributed by atoms with Gasteiger partial charge in [0, 0.05) is 32.1 Å². The van der Waals surface area contributed by atoms with Crippen molar-refractivity contribution in [2.75, 3.05) is 4.90 Å². The molecule has 0 radical (unpaired) electrons. The van der Waals surface area contributed by atoms with Gasteiger partial charge in [-0.3, -0.25) is 0 Å². The number of nitrogens with zero attached hydrogens (tertiary/aromatic N) is 1. The van der Waals surface area contributed by atoms with Crippen LogP contribution in [0, 0.1) is 0 Å². The third-order valence-electron chi connectivity index (χ3n) is 13.7. The Morgan fingerprint density at radius 2 is 0.966 bits per heavy atom. The maximum absolute atomic E-state index is 2.62. The van der Waals surface area contributed by atoms with E-state index in [1.807, 2.05) is 11.3 Å². The topological polar surface area (TPSA) is 3.24 Å². The third kappa shape index (κ3) is 3.96. The molecule has 0 N–H and O–H groups in total. The Kier molecular flexibility index (Phi) is 6.38. The molecule has 272 valence electrons. The summed E-state index contributed by atoms with van der Waals surface area (Å²) in [4.78, 5) is 2.62. The van der Waals surface area contributed by atoms with Crippen molar-refractivity contribution in [2.24, 2.45) is 0 Å². The summed E-state index contributed by atoms with van der Waals surface area (Å²) in [5.41, 5.74) is 19.1. The van der Waals surface area contributed by atoms with E-state index in [9.17, 15) is 0 Å². The van der Waals surface area contributed by atoms with Gasteiger partial charge in [-0.1, -0.05) is 172 Å². The van der Waals surface area contributed by atoms with Crippen molar-refractivity contribution >= 4 is 59.3 Å². The molecule has 1 spiro atoms. The second kappa shape index (κ2) is 11.4. The van der Waals surface area contributed by atoms with E-state index in [1.54, 1.807) is 0 Å². The van der Waals surface area contributed by atoms with Crippen LogP contribution in [0.3, 0.4) is 0 Å². The highest BCUT2D eigenvalue weighted by Gasteiger charge is 2.52. The van der Waals surface area contributed by atoms with Gasteiger partial charge in [-0.15, -0.1) is 11.3 Å². The second-order valence-electron chi connectivity index (χ2n) is 16.7. The largest absolute Gasteiger partial charge is 0.308 e. The molecule has 1 aromatic heterocycles. The van der Waals surface area contributed by atoms with Gasteiger partial charge in [-0.2, -0.15) is 0 Å². The molecule has 0 bridgehead atoms. The molecule has 1 heterocycles. The van der Waals surface area contributed by atoms with Crippen molar-refractivity contribution in [1.82, 2.24) is 0 Å². The lowest BCUT2D eigenvalue weighted by Crippen LogP contribution is -2.26. The molecule has 1 nitrogen and oxygen atoms in total. The SMILES string of the molecule is CC1(C)c2ccccc2-c2ccc(N(c3cccc4c3-c3ccccc3C43c4ccccc4-c4ccccc43)c3cc4ccccc4c4c3sc3ccccc34)cc21. The number of rotatable bonds is 3. The molecule has 2 heteroatoms. The monoisotopic (exact) mass is 755 g/mol. The van der Waals surface area contributed by atoms with E-state index in [2.05, 4.69) is 207 Å². The molecule has 0 fully saturated rings. The summed E-state index contributed by atoms with van der Waals surface area (Å²) < 4.78 is 2.61. The molecular formula is C56H37NS. The zero-order chi connectivity index (χ0) is 38.3. The lowest BCUT2D eigenvalue weighted by Gasteiger charge is -2.32. The van der Waals surface area contributed by atoms with E-state index < -0.39 is 5.41 Å². The molecule has 3 aliphatic rings. The molecule has 0 saturated heterocycles. The predicted octanol–water partition coefficient (Wildman–Crippen LogP) is 15.3. The standard InChI is InChI=1S/C56H37NS/c1-55(2)43-23-10-5-18-37(43)40-31-30-35(33-48(40)55)57(50-32-34-16-3-4-17-36(34)52-42-22-9-14-29-51(42)58-54(50)52)49-28-15-27-47-53(49)41-21-8-13-26-46(41)56(47)44-24-11-6-19-38(44)39-20-7-12-25-45(39)56/h3-33H,1-2H3. The Morgan fingerprint density at radius 3 is 1.71 bits per heavy atom. The van der Waals surface area contributed by atoms with E-state index in [0.29, 0.717) is 0 Å². The molecule has 0 saturated carbocycles. The fraction of sp³-hybridized carbons (Fsp3) is 0.0714. The summed E-state index contributed by atoms with van der Waals surface area (Å²) in [6, 6.07) is 71.1. The first-order valence-corrected chi connectivity index (χ1v) is 21.2. The third-order valence-corrected chi connectivity index (χ3v) is 14.9. The van der Waals surface area contributed by atoms with Crippen LogP contribution in [0.4, 0.5) is 17.1 Å². The lowest BCUT2D eigenvalue weighted by atomic mass is 9.70. The summed E-state index contributed by atoms with van der Waals surface area (Å²) in [5.74, 6) is 0. The number of fused-ring (bicyclic) bond motifs is 18. The van der Waals surface area contributed by atoms with Gasteiger partial charge >= 0.3 is 0 Å². The van der Waals surface area contributed by atoms with E-state index in [-0.39, 0.29) is 5.41 Å². The molecule has 0 aliphatic heterocycles. The zero-order valence-electron chi connectivity index (χ0n) is 32.3. The first kappa shape index (κ1) is 32.4. The van der Waals surface area contributed by atoms with E-state index in [1.165, 1.54) is 115 Å². The smallest absolute Gasteiger partial charge is 0.0726 e. The summed E-state index contributed by atoms with van der Waals surface area (Å²) in [7, 11) is 0. The van der Waals surface area contributed by atoms with Gasteiger partial charge in [0.15, 0.2) is 0 Å². The normalized spacial score (nSPS) is 14.7. The summed E-state index contributed by atoms with van der Waals surface area (Å²) >= 11 is 1.91. The Hall–Kier alpha value is -6.74. The maximum atomic E-state index is 2.62. The highest BCUT2D eigenvalue weighted by Crippen LogP contribution is 2.65. The van der Waals surface area contributed by atoms with E-state index >= 15 is 0 Å². The van der Waals surface area contributed by atoms with Crippen LogP contribution in [-0.4, -0.2) is 0 Å². The summed E-state index contributed by atoms with van der Waals surface area (Å²) in [6.45, 7) is 4.78. The number of hydrogen-bond acceptors (Lipinski definition) is 2. The molecule has 0 amide bonds. The van der Waals surface area contributed by atoms with Crippen LogP contribution >= 0.6 is 11.3 Å². The number of hydrogen-bond donors (Lipinski definition) is 0. The van der Waals surface area contributed by atoms with Crippen LogP contribution in [-0.2, 0) is 10.8 Å². The van der Waals surface area contributed by atoms with Crippen LogP contribution in [0.1, 0.15) is 47.2 Å². The Bertz CT molecular complexity index is 3350. The van der Waals surface area contributed by atoms with Gasteiger partial charge in [0.2, 0.25) is 0 Å². The van der Waals surface area contributed by atoms with Crippen molar-refractivity contribution in [1.29, 1.82) is 0 Å². The maximum Gasteiger partial charge on any atom is 0.0726 e. The van der Waals surface area contributed by atoms with Gasteiger partial charge in [-0.05, 0) is 102 Å². The molecule has 0 atom stereocenters. The predicted molar refractivity (Wildman–Crippen MR) is 245 cm³/mol. The average molecular weight is 756 g/mol. The highest BCUT2D eigenvalue weighted by atomic mass is 32.1. The van der Waals surface area contributed by atoms with Crippen molar-refractivity contribution in [2.45, 2.75) is 24.7 Å². The lowest BCUT2D eigenvalue weighted by molar-refractivity contribution is 0.660. The molecule has 10 aromatic rings. The molecular weight excluding hydrogens is 719 g/mol. The Labute approximate surface area is 342 Å². The minimum Gasteiger partial charge on any atom is -0.308 e. The van der Waals surface area contributed by atoms with Crippen LogP contribution in [0.25, 0.3) is 64.3 Å². The molecule has 13 rings (SSSR count). The van der Waals surface area contributed by atoms with Crippen molar-refractivity contribution in [3.63, 3.8) is 0 Å². The molecule has 3 aliphatic carbocycles. The summed E-state index contributed by atoms with van der Waals surface area (Å²) in [6.07, 6.45) is 0. The average Bonchev–Trinajstić information content (AvgIpc) is 3.97. The van der Waals surface area contributed by atoms with Gasteiger partial charge in [0.1, 0.15) is 0 Å². The van der Waals surface area contributed by atoms with E-state index in [0.717, 1.165) is 0 Å². The number of thiophene rings is 1. The number of anilines is 3.